The number of rotatable bonds is 2. The molecule has 0 saturated heterocycles. The van der Waals surface area contributed by atoms with E-state index in [0.717, 1.165) is 5.56 Å². The molecule has 0 saturated carbocycles. The Morgan fingerprint density at radius 2 is 1.94 bits per heavy atom. The van der Waals surface area contributed by atoms with Crippen LogP contribution in [0, 0.1) is 0 Å². The van der Waals surface area contributed by atoms with Crippen molar-refractivity contribution in [2.45, 2.75) is 37.0 Å². The minimum Gasteiger partial charge on any atom is -0.508 e. The lowest BCUT2D eigenvalue weighted by molar-refractivity contribution is 0.0998. The first-order valence-electron chi connectivity index (χ1n) is 5.25. The highest BCUT2D eigenvalue weighted by atomic mass is 127. The van der Waals surface area contributed by atoms with Gasteiger partial charge in [-0.15, -0.1) is 0 Å². The van der Waals surface area contributed by atoms with Crippen LogP contribution in [-0.2, 0) is 5.41 Å². The molecule has 1 N–H and O–H groups in total. The lowest BCUT2D eigenvalue weighted by Crippen LogP contribution is -2.15. The van der Waals surface area contributed by atoms with Crippen molar-refractivity contribution >= 4 is 28.4 Å². The summed E-state index contributed by atoms with van der Waals surface area (Å²) in [5, 5.41) is 9.78. The maximum atomic E-state index is 11.8. The van der Waals surface area contributed by atoms with Gasteiger partial charge in [-0.3, -0.25) is 4.79 Å². The number of hydrogen-bond donors (Lipinski definition) is 1. The van der Waals surface area contributed by atoms with Crippen LogP contribution in [0.2, 0.25) is 0 Å². The molecule has 0 aliphatic rings. The fourth-order valence-electron chi connectivity index (χ4n) is 1.52. The zero-order valence-corrected chi connectivity index (χ0v) is 12.2. The third kappa shape index (κ3) is 2.97. The van der Waals surface area contributed by atoms with Gasteiger partial charge in [0.15, 0.2) is 5.78 Å². The highest BCUT2D eigenvalue weighted by Crippen LogP contribution is 2.31. The van der Waals surface area contributed by atoms with E-state index in [-0.39, 0.29) is 20.9 Å². The van der Waals surface area contributed by atoms with Gasteiger partial charge in [-0.2, -0.15) is 0 Å². The molecule has 2 nitrogen and oxygen atoms in total. The number of benzene rings is 1. The molecule has 0 aromatic heterocycles. The number of hydrogen-bond acceptors (Lipinski definition) is 2. The number of halogens is 1. The van der Waals surface area contributed by atoms with Gasteiger partial charge in [0, 0.05) is 5.56 Å². The third-order valence-electron chi connectivity index (χ3n) is 2.45. The summed E-state index contributed by atoms with van der Waals surface area (Å²) in [6.45, 7) is 7.92. The zero-order chi connectivity index (χ0) is 12.5. The van der Waals surface area contributed by atoms with Crippen molar-refractivity contribution in [2.24, 2.45) is 0 Å². The fourth-order valence-corrected chi connectivity index (χ4v) is 1.88. The van der Waals surface area contributed by atoms with Gasteiger partial charge < -0.3 is 5.11 Å². The van der Waals surface area contributed by atoms with Crippen LogP contribution < -0.4 is 0 Å². The smallest absolute Gasteiger partial charge is 0.175 e. The number of phenols is 1. The highest BCUT2D eigenvalue weighted by molar-refractivity contribution is 14.1. The van der Waals surface area contributed by atoms with E-state index in [1.165, 1.54) is 0 Å². The Morgan fingerprint density at radius 3 is 2.38 bits per heavy atom. The molecule has 0 amide bonds. The van der Waals surface area contributed by atoms with E-state index in [1.54, 1.807) is 18.2 Å². The lowest BCUT2D eigenvalue weighted by Gasteiger charge is -2.21. The van der Waals surface area contributed by atoms with Crippen molar-refractivity contribution in [3.05, 3.63) is 29.3 Å². The standard InChI is InChI=1S/C13H17IO2/c1-8(14)12(16)9-5-6-11(15)10(7-9)13(2,3)4/h5-8,15H,1-4H3. The van der Waals surface area contributed by atoms with Crippen molar-refractivity contribution in [1.82, 2.24) is 0 Å². The van der Waals surface area contributed by atoms with Gasteiger partial charge in [-0.1, -0.05) is 43.4 Å². The van der Waals surface area contributed by atoms with E-state index >= 15 is 0 Å². The van der Waals surface area contributed by atoms with Crippen LogP contribution in [0.25, 0.3) is 0 Å². The Kier molecular flexibility index (Phi) is 3.99. The van der Waals surface area contributed by atoms with Crippen LogP contribution >= 0.6 is 22.6 Å². The van der Waals surface area contributed by atoms with Crippen molar-refractivity contribution in [3.63, 3.8) is 0 Å². The van der Waals surface area contributed by atoms with Gasteiger partial charge in [0.25, 0.3) is 0 Å². The van der Waals surface area contributed by atoms with E-state index < -0.39 is 0 Å². The van der Waals surface area contributed by atoms with Gasteiger partial charge in [-0.25, -0.2) is 0 Å². The molecule has 0 radical (unpaired) electrons. The molecule has 0 fully saturated rings. The number of alkyl halides is 1. The topological polar surface area (TPSA) is 37.3 Å². The second-order valence-electron chi connectivity index (χ2n) is 4.96. The Balaban J connectivity index is 3.23. The largest absolute Gasteiger partial charge is 0.508 e. The summed E-state index contributed by atoms with van der Waals surface area (Å²) >= 11 is 2.10. The SMILES string of the molecule is CC(I)C(=O)c1ccc(O)c(C(C)(C)C)c1. The van der Waals surface area contributed by atoms with Crippen molar-refractivity contribution in [3.8, 4) is 5.75 Å². The van der Waals surface area contributed by atoms with Gasteiger partial charge in [0.05, 0.1) is 3.92 Å². The van der Waals surface area contributed by atoms with Crippen LogP contribution in [0.15, 0.2) is 18.2 Å². The van der Waals surface area contributed by atoms with Crippen LogP contribution in [0.5, 0.6) is 5.75 Å². The van der Waals surface area contributed by atoms with Crippen LogP contribution in [-0.4, -0.2) is 14.8 Å². The molecular formula is C13H17IO2. The summed E-state index contributed by atoms with van der Waals surface area (Å²) in [5.41, 5.74) is 1.33. The molecule has 0 heterocycles. The number of Topliss-reactive ketones (excluding diaryl/α,β-unsaturated/α-hetero) is 1. The van der Waals surface area contributed by atoms with Gasteiger partial charge in [0.1, 0.15) is 5.75 Å². The fraction of sp³-hybridized carbons (Fsp3) is 0.462. The van der Waals surface area contributed by atoms with Gasteiger partial charge >= 0.3 is 0 Å². The Labute approximate surface area is 110 Å². The first-order chi connectivity index (χ1) is 7.23. The Bertz CT molecular complexity index is 403. The average molecular weight is 332 g/mol. The molecule has 0 bridgehead atoms. The zero-order valence-electron chi connectivity index (χ0n) is 10.0. The van der Waals surface area contributed by atoms with Crippen LogP contribution in [0.4, 0.5) is 0 Å². The molecule has 1 atom stereocenters. The van der Waals surface area contributed by atoms with E-state index in [1.807, 2.05) is 27.7 Å². The molecule has 0 spiro atoms. The molecule has 1 rings (SSSR count). The van der Waals surface area contributed by atoms with Crippen LogP contribution in [0.1, 0.15) is 43.6 Å². The first kappa shape index (κ1) is 13.5. The summed E-state index contributed by atoms with van der Waals surface area (Å²) in [6.07, 6.45) is 0. The molecule has 0 aliphatic carbocycles. The molecule has 3 heteroatoms. The normalized spacial score (nSPS) is 13.6. The van der Waals surface area contributed by atoms with E-state index in [2.05, 4.69) is 22.6 Å². The number of ketones is 1. The quantitative estimate of drug-likeness (QED) is 0.509. The second-order valence-corrected chi connectivity index (χ2v) is 6.83. The highest BCUT2D eigenvalue weighted by Gasteiger charge is 2.21. The summed E-state index contributed by atoms with van der Waals surface area (Å²) in [4.78, 5) is 11.8. The van der Waals surface area contributed by atoms with E-state index in [0.29, 0.717) is 5.56 Å². The predicted octanol–water partition coefficient (Wildman–Crippen LogP) is 3.70. The summed E-state index contributed by atoms with van der Waals surface area (Å²) in [6, 6.07) is 5.09. The average Bonchev–Trinajstić information content (AvgIpc) is 2.15. The minimum atomic E-state index is -0.158. The lowest BCUT2D eigenvalue weighted by atomic mass is 9.85. The number of carbonyl (C=O) groups is 1. The molecule has 1 unspecified atom stereocenters. The number of phenolic OH excluding ortho intramolecular Hbond substituents is 1. The molecule has 0 aliphatic heterocycles. The summed E-state index contributed by atoms with van der Waals surface area (Å²) in [7, 11) is 0. The second kappa shape index (κ2) is 4.73. The van der Waals surface area contributed by atoms with Gasteiger partial charge in [0.2, 0.25) is 0 Å². The first-order valence-corrected chi connectivity index (χ1v) is 6.50. The molecule has 1 aromatic carbocycles. The minimum absolute atomic E-state index is 0.0463. The van der Waals surface area contributed by atoms with Crippen molar-refractivity contribution in [1.29, 1.82) is 0 Å². The van der Waals surface area contributed by atoms with Crippen molar-refractivity contribution in [2.75, 3.05) is 0 Å². The molecular weight excluding hydrogens is 315 g/mol. The molecule has 16 heavy (non-hydrogen) atoms. The Hall–Kier alpha value is -0.580. The monoisotopic (exact) mass is 332 g/mol. The summed E-state index contributed by atoms with van der Waals surface area (Å²) < 4.78 is -0.0463. The molecule has 88 valence electrons. The van der Waals surface area contributed by atoms with Crippen LogP contribution in [0.3, 0.4) is 0 Å². The van der Waals surface area contributed by atoms with Gasteiger partial charge in [-0.05, 0) is 36.1 Å². The summed E-state index contributed by atoms with van der Waals surface area (Å²) in [5.74, 6) is 0.358. The maximum absolute atomic E-state index is 11.8. The number of carbonyl (C=O) groups excluding carboxylic acids is 1. The van der Waals surface area contributed by atoms with E-state index in [4.69, 9.17) is 0 Å². The predicted molar refractivity (Wildman–Crippen MR) is 74.6 cm³/mol. The maximum Gasteiger partial charge on any atom is 0.175 e. The van der Waals surface area contributed by atoms with Crippen molar-refractivity contribution < 1.29 is 9.90 Å². The Morgan fingerprint density at radius 1 is 1.38 bits per heavy atom. The third-order valence-corrected chi connectivity index (χ3v) is 3.02. The van der Waals surface area contributed by atoms with E-state index in [9.17, 15) is 9.90 Å². The number of aromatic hydroxyl groups is 1. The molecule has 1 aromatic rings.